The van der Waals surface area contributed by atoms with Gasteiger partial charge in [0.1, 0.15) is 0 Å². The fourth-order valence-corrected chi connectivity index (χ4v) is 5.50. The SMILES string of the molecule is CCN(C(=O)CSc1ccc2ccccc2n1)[C@H]1CCS(=O)(=O)C1. The van der Waals surface area contributed by atoms with Gasteiger partial charge in [-0.2, -0.15) is 0 Å². The summed E-state index contributed by atoms with van der Waals surface area (Å²) in [5.41, 5.74) is 0.907. The van der Waals surface area contributed by atoms with E-state index < -0.39 is 9.84 Å². The third-order valence-corrected chi connectivity index (χ3v) is 6.89. The lowest BCUT2D eigenvalue weighted by Crippen LogP contribution is -2.41. The summed E-state index contributed by atoms with van der Waals surface area (Å²) >= 11 is 1.39. The van der Waals surface area contributed by atoms with E-state index >= 15 is 0 Å². The van der Waals surface area contributed by atoms with Gasteiger partial charge < -0.3 is 4.90 Å². The Labute approximate surface area is 146 Å². The first-order valence-electron chi connectivity index (χ1n) is 7.97. The molecule has 1 aromatic carbocycles. The van der Waals surface area contributed by atoms with Crippen molar-refractivity contribution in [2.45, 2.75) is 24.4 Å². The first-order valence-corrected chi connectivity index (χ1v) is 10.8. The van der Waals surface area contributed by atoms with Crippen LogP contribution in [0, 0.1) is 0 Å². The van der Waals surface area contributed by atoms with Crippen molar-refractivity contribution < 1.29 is 13.2 Å². The molecule has 2 heterocycles. The topological polar surface area (TPSA) is 67.3 Å². The number of rotatable bonds is 5. The largest absolute Gasteiger partial charge is 0.338 e. The summed E-state index contributed by atoms with van der Waals surface area (Å²) in [7, 11) is -2.99. The fraction of sp³-hybridized carbons (Fsp3) is 0.412. The van der Waals surface area contributed by atoms with E-state index in [-0.39, 0.29) is 29.2 Å². The van der Waals surface area contributed by atoms with Crippen LogP contribution in [0.15, 0.2) is 41.4 Å². The molecule has 24 heavy (non-hydrogen) atoms. The Bertz CT molecular complexity index is 852. The Kier molecular flexibility index (Phi) is 5.10. The molecule has 1 saturated heterocycles. The number of carbonyl (C=O) groups is 1. The number of sulfone groups is 1. The number of thioether (sulfide) groups is 1. The van der Waals surface area contributed by atoms with Gasteiger partial charge in [0.25, 0.3) is 0 Å². The third kappa shape index (κ3) is 3.89. The molecular formula is C17H20N2O3S2. The molecule has 1 aromatic heterocycles. The molecule has 1 fully saturated rings. The van der Waals surface area contributed by atoms with Crippen LogP contribution < -0.4 is 0 Å². The summed E-state index contributed by atoms with van der Waals surface area (Å²) in [6, 6.07) is 11.6. The average Bonchev–Trinajstić information content (AvgIpc) is 2.93. The van der Waals surface area contributed by atoms with E-state index in [1.54, 1.807) is 4.90 Å². The number of nitrogens with zero attached hydrogens (tertiary/aromatic N) is 2. The van der Waals surface area contributed by atoms with E-state index in [1.165, 1.54) is 11.8 Å². The van der Waals surface area contributed by atoms with Gasteiger partial charge in [-0.25, -0.2) is 13.4 Å². The monoisotopic (exact) mass is 364 g/mol. The smallest absolute Gasteiger partial charge is 0.233 e. The second kappa shape index (κ2) is 7.11. The van der Waals surface area contributed by atoms with Crippen molar-refractivity contribution in [1.82, 2.24) is 9.88 Å². The number of para-hydroxylation sites is 1. The van der Waals surface area contributed by atoms with E-state index in [1.807, 2.05) is 43.3 Å². The molecule has 1 aliphatic heterocycles. The molecule has 0 aliphatic carbocycles. The molecule has 128 valence electrons. The summed E-state index contributed by atoms with van der Waals surface area (Å²) < 4.78 is 23.3. The normalized spacial score (nSPS) is 19.5. The lowest BCUT2D eigenvalue weighted by atomic mass is 10.2. The number of hydrogen-bond acceptors (Lipinski definition) is 5. The first-order chi connectivity index (χ1) is 11.5. The zero-order valence-corrected chi connectivity index (χ0v) is 15.1. The maximum Gasteiger partial charge on any atom is 0.233 e. The molecule has 0 N–H and O–H groups in total. The van der Waals surface area contributed by atoms with Crippen LogP contribution in [0.5, 0.6) is 0 Å². The number of hydrogen-bond donors (Lipinski definition) is 0. The van der Waals surface area contributed by atoms with Crippen LogP contribution in [0.3, 0.4) is 0 Å². The Morgan fingerprint density at radius 1 is 1.29 bits per heavy atom. The van der Waals surface area contributed by atoms with Crippen molar-refractivity contribution >= 4 is 38.4 Å². The van der Waals surface area contributed by atoms with Crippen LogP contribution in [0.4, 0.5) is 0 Å². The van der Waals surface area contributed by atoms with Crippen LogP contribution in [-0.2, 0) is 14.6 Å². The second-order valence-corrected chi connectivity index (χ2v) is 9.09. The molecule has 3 rings (SSSR count). The van der Waals surface area contributed by atoms with Gasteiger partial charge in [0, 0.05) is 18.0 Å². The Balaban J connectivity index is 1.64. The number of pyridine rings is 1. The van der Waals surface area contributed by atoms with Gasteiger partial charge in [0.15, 0.2) is 9.84 Å². The van der Waals surface area contributed by atoms with Crippen LogP contribution >= 0.6 is 11.8 Å². The van der Waals surface area contributed by atoms with Crippen LogP contribution in [0.2, 0.25) is 0 Å². The van der Waals surface area contributed by atoms with Crippen LogP contribution in [0.25, 0.3) is 10.9 Å². The highest BCUT2D eigenvalue weighted by atomic mass is 32.2. The maximum absolute atomic E-state index is 12.5. The molecule has 1 amide bonds. The van der Waals surface area contributed by atoms with E-state index in [4.69, 9.17) is 0 Å². The van der Waals surface area contributed by atoms with Gasteiger partial charge in [-0.1, -0.05) is 36.0 Å². The molecule has 7 heteroatoms. The zero-order chi connectivity index (χ0) is 17.2. The van der Waals surface area contributed by atoms with Crippen molar-refractivity contribution in [3.05, 3.63) is 36.4 Å². The van der Waals surface area contributed by atoms with Gasteiger partial charge in [-0.15, -0.1) is 0 Å². The van der Waals surface area contributed by atoms with E-state index in [9.17, 15) is 13.2 Å². The van der Waals surface area contributed by atoms with Crippen LogP contribution in [0.1, 0.15) is 13.3 Å². The number of carbonyl (C=O) groups excluding carboxylic acids is 1. The summed E-state index contributed by atoms with van der Waals surface area (Å²) in [5, 5.41) is 1.87. The van der Waals surface area contributed by atoms with Crippen LogP contribution in [-0.4, -0.2) is 54.1 Å². The van der Waals surface area contributed by atoms with Crippen molar-refractivity contribution in [2.24, 2.45) is 0 Å². The Hall–Kier alpha value is -1.60. The quantitative estimate of drug-likeness (QED) is 0.762. The lowest BCUT2D eigenvalue weighted by Gasteiger charge is -2.26. The van der Waals surface area contributed by atoms with Crippen molar-refractivity contribution in [3.8, 4) is 0 Å². The number of benzene rings is 1. The van der Waals surface area contributed by atoms with Gasteiger partial charge in [0.05, 0.1) is 27.8 Å². The van der Waals surface area contributed by atoms with Gasteiger partial charge in [-0.3, -0.25) is 4.79 Å². The number of aromatic nitrogens is 1. The standard InChI is InChI=1S/C17H20N2O3S2/c1-2-19(14-9-10-24(21,22)12-14)17(20)11-23-16-8-7-13-5-3-4-6-15(13)18-16/h3-8,14H,2,9-12H2,1H3/t14-/m0/s1. The molecule has 0 saturated carbocycles. The summed E-state index contributed by atoms with van der Waals surface area (Å²) in [6.07, 6.45) is 0.542. The minimum atomic E-state index is -2.99. The number of fused-ring (bicyclic) bond motifs is 1. The Morgan fingerprint density at radius 3 is 2.79 bits per heavy atom. The molecule has 0 bridgehead atoms. The maximum atomic E-state index is 12.5. The van der Waals surface area contributed by atoms with E-state index in [0.717, 1.165) is 15.9 Å². The molecule has 0 radical (unpaired) electrons. The molecule has 0 unspecified atom stereocenters. The summed E-state index contributed by atoms with van der Waals surface area (Å²) in [5.74, 6) is 0.515. The van der Waals surface area contributed by atoms with Crippen molar-refractivity contribution in [3.63, 3.8) is 0 Å². The zero-order valence-electron chi connectivity index (χ0n) is 13.5. The molecule has 0 spiro atoms. The highest BCUT2D eigenvalue weighted by Crippen LogP contribution is 2.22. The van der Waals surface area contributed by atoms with Gasteiger partial charge >= 0.3 is 0 Å². The lowest BCUT2D eigenvalue weighted by molar-refractivity contribution is -0.129. The van der Waals surface area contributed by atoms with Crippen molar-refractivity contribution in [2.75, 3.05) is 23.8 Å². The molecule has 2 aromatic rings. The predicted molar refractivity (Wildman–Crippen MR) is 96.9 cm³/mol. The molecule has 1 aliphatic rings. The highest BCUT2D eigenvalue weighted by molar-refractivity contribution is 7.99. The summed E-state index contributed by atoms with van der Waals surface area (Å²) in [4.78, 5) is 18.7. The minimum Gasteiger partial charge on any atom is -0.338 e. The molecular weight excluding hydrogens is 344 g/mol. The van der Waals surface area contributed by atoms with E-state index in [2.05, 4.69) is 4.98 Å². The fourth-order valence-electron chi connectivity index (χ4n) is 3.01. The number of amides is 1. The Morgan fingerprint density at radius 2 is 2.08 bits per heavy atom. The van der Waals surface area contributed by atoms with E-state index in [0.29, 0.717) is 13.0 Å². The molecule has 1 atom stereocenters. The predicted octanol–water partition coefficient (Wildman–Crippen LogP) is 2.36. The average molecular weight is 364 g/mol. The first kappa shape index (κ1) is 17.2. The third-order valence-electron chi connectivity index (χ3n) is 4.23. The van der Waals surface area contributed by atoms with Gasteiger partial charge in [-0.05, 0) is 25.5 Å². The molecule has 5 nitrogen and oxygen atoms in total. The second-order valence-electron chi connectivity index (χ2n) is 5.87. The van der Waals surface area contributed by atoms with Crippen molar-refractivity contribution in [1.29, 1.82) is 0 Å². The highest BCUT2D eigenvalue weighted by Gasteiger charge is 2.33. The summed E-state index contributed by atoms with van der Waals surface area (Å²) in [6.45, 7) is 2.42. The van der Waals surface area contributed by atoms with Gasteiger partial charge in [0.2, 0.25) is 5.91 Å². The minimum absolute atomic E-state index is 0.0282.